The van der Waals surface area contributed by atoms with E-state index in [0.717, 1.165) is 52.9 Å². The molecule has 0 aromatic heterocycles. The highest BCUT2D eigenvalue weighted by Gasteiger charge is 2.35. The van der Waals surface area contributed by atoms with E-state index in [1.54, 1.807) is 21.3 Å². The van der Waals surface area contributed by atoms with Gasteiger partial charge in [0.1, 0.15) is 0 Å². The summed E-state index contributed by atoms with van der Waals surface area (Å²) < 4.78 is 23.0. The van der Waals surface area contributed by atoms with E-state index >= 15 is 0 Å². The van der Waals surface area contributed by atoms with Crippen LogP contribution in [0.5, 0.6) is 23.0 Å². The van der Waals surface area contributed by atoms with Crippen molar-refractivity contribution in [3.8, 4) is 23.0 Å². The number of benzene rings is 2. The summed E-state index contributed by atoms with van der Waals surface area (Å²) in [4.78, 5) is 5.27. The molecule has 3 aliphatic rings. The summed E-state index contributed by atoms with van der Waals surface area (Å²) in [5.74, 6) is 4.21. The van der Waals surface area contributed by atoms with Gasteiger partial charge in [0, 0.05) is 17.0 Å². The quantitative estimate of drug-likeness (QED) is 0.602. The summed E-state index contributed by atoms with van der Waals surface area (Å²) in [5, 5.41) is 0. The van der Waals surface area contributed by atoms with Crippen molar-refractivity contribution in [2.24, 2.45) is 10.9 Å². The van der Waals surface area contributed by atoms with Crippen molar-refractivity contribution in [3.05, 3.63) is 47.0 Å². The molecule has 2 atom stereocenters. The number of methoxy groups -OCH3 is 3. The molecule has 2 aromatic rings. The van der Waals surface area contributed by atoms with Crippen molar-refractivity contribution >= 4 is 5.71 Å². The lowest BCUT2D eigenvalue weighted by molar-refractivity contribution is 0.280. The highest BCUT2D eigenvalue weighted by Crippen LogP contribution is 2.45. The van der Waals surface area contributed by atoms with Gasteiger partial charge in [-0.2, -0.15) is 0 Å². The molecule has 5 nitrogen and oxygen atoms in total. The van der Waals surface area contributed by atoms with Gasteiger partial charge in [-0.05, 0) is 67.5 Å². The number of hydrogen-bond acceptors (Lipinski definition) is 5. The fraction of sp³-hybridized carbons (Fsp3) is 0.500. The molecule has 5 heteroatoms. The van der Waals surface area contributed by atoms with Crippen LogP contribution in [-0.2, 0) is 0 Å². The number of fused-ring (bicyclic) bond motifs is 3. The second-order valence-electron chi connectivity index (χ2n) is 8.85. The van der Waals surface area contributed by atoms with E-state index in [-0.39, 0.29) is 0 Å². The second kappa shape index (κ2) is 8.45. The Labute approximate surface area is 184 Å². The molecule has 31 heavy (non-hydrogen) atoms. The summed E-state index contributed by atoms with van der Waals surface area (Å²) in [6.45, 7) is 0.749. The standard InChI is InChI=1S/C26H31NO4/c1-28-22-11-10-17(12-25(22)31-15-16-8-9-16)26-20-14-24(30-3)23(29-2)13-19(20)18-6-4-5-7-21(18)27-26/h10-14,16,18,21H,4-9,15H2,1-3H3/t18-,21-/m0/s1. The maximum atomic E-state index is 6.13. The van der Waals surface area contributed by atoms with E-state index in [0.29, 0.717) is 17.9 Å². The summed E-state index contributed by atoms with van der Waals surface area (Å²) in [7, 11) is 5.08. The van der Waals surface area contributed by atoms with E-state index in [9.17, 15) is 0 Å². The van der Waals surface area contributed by atoms with E-state index in [1.165, 1.54) is 37.7 Å². The Hall–Kier alpha value is -2.69. The van der Waals surface area contributed by atoms with Crippen LogP contribution in [-0.4, -0.2) is 39.7 Å². The first kappa shape index (κ1) is 20.2. The molecule has 2 fully saturated rings. The van der Waals surface area contributed by atoms with Gasteiger partial charge in [-0.1, -0.05) is 12.8 Å². The first-order chi connectivity index (χ1) is 15.2. The Morgan fingerprint density at radius 2 is 1.55 bits per heavy atom. The predicted molar refractivity (Wildman–Crippen MR) is 121 cm³/mol. The minimum atomic E-state index is 0.312. The maximum Gasteiger partial charge on any atom is 0.161 e. The Bertz CT molecular complexity index is 995. The second-order valence-corrected chi connectivity index (χ2v) is 8.85. The molecule has 2 aliphatic carbocycles. The van der Waals surface area contributed by atoms with Gasteiger partial charge in [0.05, 0.1) is 39.7 Å². The van der Waals surface area contributed by atoms with Crippen LogP contribution in [0.25, 0.3) is 0 Å². The third-order valence-corrected chi connectivity index (χ3v) is 6.84. The van der Waals surface area contributed by atoms with Crippen molar-refractivity contribution < 1.29 is 18.9 Å². The topological polar surface area (TPSA) is 49.3 Å². The van der Waals surface area contributed by atoms with Crippen molar-refractivity contribution in [1.29, 1.82) is 0 Å². The molecular formula is C26H31NO4. The minimum absolute atomic E-state index is 0.312. The van der Waals surface area contributed by atoms with Crippen molar-refractivity contribution in [1.82, 2.24) is 0 Å². The van der Waals surface area contributed by atoms with Crippen molar-refractivity contribution in [2.45, 2.75) is 50.5 Å². The number of ether oxygens (including phenoxy) is 4. The van der Waals surface area contributed by atoms with Gasteiger partial charge in [-0.25, -0.2) is 0 Å². The molecule has 164 valence electrons. The third-order valence-electron chi connectivity index (χ3n) is 6.84. The van der Waals surface area contributed by atoms with Crippen LogP contribution in [0.4, 0.5) is 0 Å². The van der Waals surface area contributed by atoms with Crippen LogP contribution in [0, 0.1) is 5.92 Å². The minimum Gasteiger partial charge on any atom is -0.493 e. The summed E-state index contributed by atoms with van der Waals surface area (Å²) in [6, 6.07) is 10.7. The summed E-state index contributed by atoms with van der Waals surface area (Å²) in [5.41, 5.74) is 4.53. The van der Waals surface area contributed by atoms with Crippen molar-refractivity contribution in [2.75, 3.05) is 27.9 Å². The molecule has 0 radical (unpaired) electrons. The van der Waals surface area contributed by atoms with Gasteiger partial charge in [0.15, 0.2) is 23.0 Å². The van der Waals surface area contributed by atoms with E-state index in [2.05, 4.69) is 24.3 Å². The van der Waals surface area contributed by atoms with E-state index in [4.69, 9.17) is 23.9 Å². The summed E-state index contributed by atoms with van der Waals surface area (Å²) >= 11 is 0. The highest BCUT2D eigenvalue weighted by atomic mass is 16.5. The number of hydrogen-bond donors (Lipinski definition) is 0. The zero-order valence-electron chi connectivity index (χ0n) is 18.6. The van der Waals surface area contributed by atoms with Gasteiger partial charge in [-0.15, -0.1) is 0 Å². The Balaban J connectivity index is 1.59. The van der Waals surface area contributed by atoms with Crippen LogP contribution in [0.2, 0.25) is 0 Å². The molecule has 2 saturated carbocycles. The molecule has 0 bridgehead atoms. The largest absolute Gasteiger partial charge is 0.493 e. The highest BCUT2D eigenvalue weighted by molar-refractivity contribution is 6.15. The summed E-state index contributed by atoms with van der Waals surface area (Å²) in [6.07, 6.45) is 7.30. The number of aliphatic imine (C=N–C) groups is 1. The molecule has 0 saturated heterocycles. The fourth-order valence-electron chi connectivity index (χ4n) is 4.93. The van der Waals surface area contributed by atoms with Gasteiger partial charge >= 0.3 is 0 Å². The lowest BCUT2D eigenvalue weighted by atomic mass is 9.75. The van der Waals surface area contributed by atoms with Crippen LogP contribution in [0.3, 0.4) is 0 Å². The normalized spacial score (nSPS) is 22.1. The van der Waals surface area contributed by atoms with Gasteiger partial charge < -0.3 is 18.9 Å². The first-order valence-electron chi connectivity index (χ1n) is 11.4. The number of nitrogens with zero attached hydrogens (tertiary/aromatic N) is 1. The molecule has 1 heterocycles. The molecule has 2 aromatic carbocycles. The fourth-order valence-corrected chi connectivity index (χ4v) is 4.93. The third kappa shape index (κ3) is 3.86. The van der Waals surface area contributed by atoms with Crippen LogP contribution in [0.15, 0.2) is 35.3 Å². The predicted octanol–water partition coefficient (Wildman–Crippen LogP) is 5.38. The smallest absolute Gasteiger partial charge is 0.161 e. The van der Waals surface area contributed by atoms with Gasteiger partial charge in [-0.3, -0.25) is 4.99 Å². The Kier molecular flexibility index (Phi) is 5.51. The van der Waals surface area contributed by atoms with Crippen LogP contribution < -0.4 is 18.9 Å². The molecule has 0 amide bonds. The molecule has 0 unspecified atom stereocenters. The zero-order valence-corrected chi connectivity index (χ0v) is 18.6. The average molecular weight is 422 g/mol. The van der Waals surface area contributed by atoms with Crippen LogP contribution in [0.1, 0.15) is 61.1 Å². The Morgan fingerprint density at radius 3 is 2.29 bits per heavy atom. The zero-order chi connectivity index (χ0) is 21.4. The van der Waals surface area contributed by atoms with Gasteiger partial charge in [0.25, 0.3) is 0 Å². The molecular weight excluding hydrogens is 390 g/mol. The van der Waals surface area contributed by atoms with Crippen LogP contribution >= 0.6 is 0 Å². The van der Waals surface area contributed by atoms with Crippen molar-refractivity contribution in [3.63, 3.8) is 0 Å². The Morgan fingerprint density at radius 1 is 0.806 bits per heavy atom. The molecule has 1 aliphatic heterocycles. The lowest BCUT2D eigenvalue weighted by Crippen LogP contribution is -2.29. The molecule has 0 spiro atoms. The SMILES string of the molecule is COc1cc2c(cc1OC)[C@@H]1CCCC[C@@H]1N=C2c1ccc(OC)c(OCC2CC2)c1. The molecule has 0 N–H and O–H groups in total. The molecule has 5 rings (SSSR count). The lowest BCUT2D eigenvalue weighted by Gasteiger charge is -2.36. The maximum absolute atomic E-state index is 6.13. The average Bonchev–Trinajstić information content (AvgIpc) is 3.65. The first-order valence-corrected chi connectivity index (χ1v) is 11.4. The monoisotopic (exact) mass is 421 g/mol. The van der Waals surface area contributed by atoms with Gasteiger partial charge in [0.2, 0.25) is 0 Å². The van der Waals surface area contributed by atoms with E-state index < -0.39 is 0 Å². The number of rotatable bonds is 7. The van der Waals surface area contributed by atoms with E-state index in [1.807, 2.05) is 6.07 Å².